The molecule has 0 saturated carbocycles. The lowest BCUT2D eigenvalue weighted by molar-refractivity contribution is 0.983. The number of aliphatic imine (C=N–C) groups is 1. The van der Waals surface area contributed by atoms with Gasteiger partial charge in [-0.25, -0.2) is 4.99 Å². The Hall–Kier alpha value is -0.730. The predicted molar refractivity (Wildman–Crippen MR) is 67.4 cm³/mol. The highest BCUT2D eigenvalue weighted by molar-refractivity contribution is 6.39. The van der Waals surface area contributed by atoms with E-state index in [9.17, 15) is 0 Å². The highest BCUT2D eigenvalue weighted by Crippen LogP contribution is 2.35. The summed E-state index contributed by atoms with van der Waals surface area (Å²) in [6.07, 6.45) is 1.71. The molecule has 0 amide bonds. The number of amidine groups is 1. The minimum Gasteiger partial charge on any atom is -0.387 e. The fourth-order valence-corrected chi connectivity index (χ4v) is 1.66. The van der Waals surface area contributed by atoms with Gasteiger partial charge in [0.2, 0.25) is 0 Å². The summed E-state index contributed by atoms with van der Waals surface area (Å²) >= 11 is 12.1. The van der Waals surface area contributed by atoms with Crippen LogP contribution >= 0.6 is 23.2 Å². The van der Waals surface area contributed by atoms with Gasteiger partial charge in [-0.2, -0.15) is 0 Å². The molecule has 0 saturated heterocycles. The maximum atomic E-state index is 6.10. The number of halogens is 2. The van der Waals surface area contributed by atoms with Crippen molar-refractivity contribution in [3.8, 4) is 0 Å². The van der Waals surface area contributed by atoms with E-state index in [1.54, 1.807) is 6.07 Å². The van der Waals surface area contributed by atoms with Gasteiger partial charge in [-0.05, 0) is 25.0 Å². The van der Waals surface area contributed by atoms with E-state index in [-0.39, 0.29) is 0 Å². The Morgan fingerprint density at radius 1 is 1.40 bits per heavy atom. The van der Waals surface area contributed by atoms with Crippen molar-refractivity contribution >= 4 is 34.7 Å². The molecule has 4 heteroatoms. The zero-order valence-electron chi connectivity index (χ0n) is 8.85. The largest absolute Gasteiger partial charge is 0.387 e. The molecule has 0 radical (unpaired) electrons. The van der Waals surface area contributed by atoms with Crippen LogP contribution in [0.3, 0.4) is 0 Å². The first kappa shape index (κ1) is 12.3. The van der Waals surface area contributed by atoms with Gasteiger partial charge in [0.25, 0.3) is 0 Å². The number of hydrogen-bond donors (Lipinski definition) is 1. The van der Waals surface area contributed by atoms with Crippen LogP contribution < -0.4 is 5.73 Å². The van der Waals surface area contributed by atoms with E-state index in [0.29, 0.717) is 21.6 Å². The molecule has 0 unspecified atom stereocenters. The third-order valence-corrected chi connectivity index (χ3v) is 2.80. The molecule has 82 valence electrons. The Balaban J connectivity index is 3.13. The van der Waals surface area contributed by atoms with E-state index in [1.165, 1.54) is 0 Å². The van der Waals surface area contributed by atoms with Crippen LogP contribution in [-0.2, 0) is 0 Å². The van der Waals surface area contributed by atoms with Crippen LogP contribution in [0.5, 0.6) is 0 Å². The van der Waals surface area contributed by atoms with Gasteiger partial charge in [0, 0.05) is 6.42 Å². The number of nitrogens with zero attached hydrogens (tertiary/aromatic N) is 1. The zero-order valence-corrected chi connectivity index (χ0v) is 10.4. The van der Waals surface area contributed by atoms with Gasteiger partial charge in [-0.15, -0.1) is 0 Å². The van der Waals surface area contributed by atoms with Crippen LogP contribution in [0, 0.1) is 6.92 Å². The van der Waals surface area contributed by atoms with E-state index < -0.39 is 0 Å². The Bertz CT molecular complexity index is 386. The molecule has 0 aliphatic heterocycles. The van der Waals surface area contributed by atoms with Crippen LogP contribution in [0.1, 0.15) is 25.3 Å². The van der Waals surface area contributed by atoms with Crippen molar-refractivity contribution in [1.29, 1.82) is 0 Å². The molecule has 0 aromatic heterocycles. The molecular formula is C11H14Cl2N2. The summed E-state index contributed by atoms with van der Waals surface area (Å²) in [4.78, 5) is 4.24. The fraction of sp³-hybridized carbons (Fsp3) is 0.364. The normalized spacial score (nSPS) is 11.9. The molecule has 0 spiro atoms. The van der Waals surface area contributed by atoms with Gasteiger partial charge in [-0.1, -0.05) is 36.2 Å². The number of rotatable bonds is 3. The standard InChI is InChI=1S/C11H14Cl2N2/c1-3-4-9(14)15-11-8(12)6-5-7(2)10(11)13/h5-6H,3-4H2,1-2H3,(H2,14,15). The van der Waals surface area contributed by atoms with Crippen molar-refractivity contribution in [3.63, 3.8) is 0 Å². The molecule has 1 aromatic rings. The average molecular weight is 245 g/mol. The molecular weight excluding hydrogens is 231 g/mol. The third-order valence-electron chi connectivity index (χ3n) is 2.02. The molecule has 0 fully saturated rings. The molecule has 0 heterocycles. The summed E-state index contributed by atoms with van der Waals surface area (Å²) in [6, 6.07) is 3.64. The Morgan fingerprint density at radius 2 is 2.07 bits per heavy atom. The molecule has 1 aromatic carbocycles. The molecule has 0 bridgehead atoms. The van der Waals surface area contributed by atoms with Gasteiger partial charge in [0.15, 0.2) is 0 Å². The summed E-state index contributed by atoms with van der Waals surface area (Å²) in [5, 5.41) is 1.10. The van der Waals surface area contributed by atoms with E-state index in [0.717, 1.165) is 18.4 Å². The van der Waals surface area contributed by atoms with Crippen LogP contribution in [-0.4, -0.2) is 5.84 Å². The first-order chi connectivity index (χ1) is 7.06. The van der Waals surface area contributed by atoms with Crippen molar-refractivity contribution in [2.75, 3.05) is 0 Å². The molecule has 0 aliphatic rings. The minimum absolute atomic E-state index is 0.532. The van der Waals surface area contributed by atoms with Gasteiger partial charge < -0.3 is 5.73 Å². The number of nitrogens with two attached hydrogens (primary N) is 1. The molecule has 1 rings (SSSR count). The van der Waals surface area contributed by atoms with Crippen molar-refractivity contribution in [1.82, 2.24) is 0 Å². The zero-order chi connectivity index (χ0) is 11.4. The van der Waals surface area contributed by atoms with Crippen LogP contribution in [0.15, 0.2) is 17.1 Å². The summed E-state index contributed by atoms with van der Waals surface area (Å²) in [6.45, 7) is 3.95. The fourth-order valence-electron chi connectivity index (χ4n) is 1.20. The van der Waals surface area contributed by atoms with Gasteiger partial charge in [0.05, 0.1) is 15.9 Å². The summed E-state index contributed by atoms with van der Waals surface area (Å²) in [7, 11) is 0. The van der Waals surface area contributed by atoms with Crippen LogP contribution in [0.25, 0.3) is 0 Å². The first-order valence-electron chi connectivity index (χ1n) is 4.84. The highest BCUT2D eigenvalue weighted by Gasteiger charge is 2.07. The van der Waals surface area contributed by atoms with Crippen molar-refractivity contribution < 1.29 is 0 Å². The van der Waals surface area contributed by atoms with E-state index >= 15 is 0 Å². The molecule has 15 heavy (non-hydrogen) atoms. The van der Waals surface area contributed by atoms with Crippen molar-refractivity contribution in [3.05, 3.63) is 27.7 Å². The quantitative estimate of drug-likeness (QED) is 0.632. The molecule has 0 atom stereocenters. The second kappa shape index (κ2) is 5.38. The van der Waals surface area contributed by atoms with Gasteiger partial charge in [0.1, 0.15) is 5.69 Å². The summed E-state index contributed by atoms with van der Waals surface area (Å²) < 4.78 is 0. The lowest BCUT2D eigenvalue weighted by atomic mass is 10.2. The van der Waals surface area contributed by atoms with E-state index in [2.05, 4.69) is 4.99 Å². The molecule has 2 nitrogen and oxygen atoms in total. The lowest BCUT2D eigenvalue weighted by Gasteiger charge is -2.05. The van der Waals surface area contributed by atoms with Gasteiger partial charge >= 0.3 is 0 Å². The van der Waals surface area contributed by atoms with Crippen molar-refractivity contribution in [2.45, 2.75) is 26.7 Å². The highest BCUT2D eigenvalue weighted by atomic mass is 35.5. The third kappa shape index (κ3) is 3.11. The number of hydrogen-bond acceptors (Lipinski definition) is 1. The number of benzene rings is 1. The Labute approximate surface area is 100 Å². The van der Waals surface area contributed by atoms with Crippen LogP contribution in [0.2, 0.25) is 10.0 Å². The minimum atomic E-state index is 0.532. The number of aryl methyl sites for hydroxylation is 1. The Kier molecular flexibility index (Phi) is 4.43. The topological polar surface area (TPSA) is 38.4 Å². The SMILES string of the molecule is CCCC(N)=Nc1c(Cl)ccc(C)c1Cl. The maximum absolute atomic E-state index is 6.10. The van der Waals surface area contributed by atoms with E-state index in [4.69, 9.17) is 28.9 Å². The molecule has 2 N–H and O–H groups in total. The Morgan fingerprint density at radius 3 is 2.67 bits per heavy atom. The maximum Gasteiger partial charge on any atom is 0.103 e. The monoisotopic (exact) mass is 244 g/mol. The lowest BCUT2D eigenvalue weighted by Crippen LogP contribution is -2.10. The summed E-state index contributed by atoms with van der Waals surface area (Å²) in [5.74, 6) is 0.562. The van der Waals surface area contributed by atoms with Crippen LogP contribution in [0.4, 0.5) is 5.69 Å². The second-order valence-electron chi connectivity index (χ2n) is 3.38. The summed E-state index contributed by atoms with van der Waals surface area (Å²) in [5.41, 5.74) is 7.26. The first-order valence-corrected chi connectivity index (χ1v) is 5.59. The predicted octanol–water partition coefficient (Wildman–Crippen LogP) is 4.09. The van der Waals surface area contributed by atoms with Crippen molar-refractivity contribution in [2.24, 2.45) is 10.7 Å². The molecule has 0 aliphatic carbocycles. The van der Waals surface area contributed by atoms with Gasteiger partial charge in [-0.3, -0.25) is 0 Å². The second-order valence-corrected chi connectivity index (χ2v) is 4.17. The average Bonchev–Trinajstić information content (AvgIpc) is 2.19. The smallest absolute Gasteiger partial charge is 0.103 e. The van der Waals surface area contributed by atoms with E-state index in [1.807, 2.05) is 19.9 Å².